The zero-order valence-electron chi connectivity index (χ0n) is 13.5. The second-order valence-corrected chi connectivity index (χ2v) is 6.69. The first kappa shape index (κ1) is 15.3. The van der Waals surface area contributed by atoms with E-state index in [1.807, 2.05) is 55.2 Å². The lowest BCUT2D eigenvalue weighted by Crippen LogP contribution is -2.44. The third-order valence-corrected chi connectivity index (χ3v) is 5.11. The van der Waals surface area contributed by atoms with Crippen molar-refractivity contribution >= 4 is 17.5 Å². The molecular weight excluding hydrogens is 286 g/mol. The predicted molar refractivity (Wildman–Crippen MR) is 88.2 cm³/mol. The molecule has 0 aromatic heterocycles. The molecule has 4 nitrogen and oxygen atoms in total. The number of fused-ring (bicyclic) bond motifs is 3. The Labute approximate surface area is 136 Å². The molecule has 1 aromatic carbocycles. The van der Waals surface area contributed by atoms with Gasteiger partial charge in [-0.1, -0.05) is 44.2 Å². The molecule has 2 aliphatic heterocycles. The lowest BCUT2D eigenvalue weighted by Gasteiger charge is -2.35. The fourth-order valence-corrected chi connectivity index (χ4v) is 4.26. The van der Waals surface area contributed by atoms with Crippen molar-refractivity contribution in [2.24, 2.45) is 17.3 Å². The van der Waals surface area contributed by atoms with Crippen molar-refractivity contribution in [2.45, 2.75) is 32.9 Å². The van der Waals surface area contributed by atoms with Crippen LogP contribution in [0.15, 0.2) is 30.3 Å². The van der Waals surface area contributed by atoms with Crippen LogP contribution in [0.2, 0.25) is 0 Å². The largest absolute Gasteiger partial charge is 0.351 e. The first-order valence-corrected chi connectivity index (χ1v) is 7.86. The molecule has 3 atom stereocenters. The van der Waals surface area contributed by atoms with Gasteiger partial charge in [-0.3, -0.25) is 4.79 Å². The average molecular weight is 305 g/mol. The summed E-state index contributed by atoms with van der Waals surface area (Å²) < 4.78 is 0. The Morgan fingerprint density at radius 2 is 1.91 bits per heavy atom. The minimum Gasteiger partial charge on any atom is -0.351 e. The predicted octanol–water partition coefficient (Wildman–Crippen LogP) is 3.17. The molecule has 0 spiro atoms. The van der Waals surface area contributed by atoms with Crippen LogP contribution in [0, 0.1) is 39.9 Å². The summed E-state index contributed by atoms with van der Waals surface area (Å²) in [5, 5.41) is 19.8. The Hall–Kier alpha value is -2.59. The van der Waals surface area contributed by atoms with E-state index in [1.165, 1.54) is 0 Å². The highest BCUT2D eigenvalue weighted by molar-refractivity contribution is 5.90. The SMILES string of the molecule is CC(=O)[C@H]1[C@@H](C(C)C)C(C#N)(C#N)[C@@H]2C=Cc3ccccc3N21. The first-order valence-electron chi connectivity index (χ1n) is 7.86. The van der Waals surface area contributed by atoms with Crippen LogP contribution in [0.25, 0.3) is 6.08 Å². The van der Waals surface area contributed by atoms with Gasteiger partial charge < -0.3 is 4.90 Å². The van der Waals surface area contributed by atoms with E-state index in [0.29, 0.717) is 0 Å². The second kappa shape index (κ2) is 5.25. The monoisotopic (exact) mass is 305 g/mol. The van der Waals surface area contributed by atoms with E-state index < -0.39 is 17.5 Å². The molecule has 0 radical (unpaired) electrons. The van der Waals surface area contributed by atoms with E-state index in [-0.39, 0.29) is 17.6 Å². The Morgan fingerprint density at radius 3 is 2.48 bits per heavy atom. The van der Waals surface area contributed by atoms with E-state index in [1.54, 1.807) is 6.92 Å². The number of ketones is 1. The number of hydrogen-bond donors (Lipinski definition) is 0. The maximum atomic E-state index is 12.5. The molecular formula is C19H19N3O. The summed E-state index contributed by atoms with van der Waals surface area (Å²) in [6.45, 7) is 5.53. The molecule has 116 valence electrons. The van der Waals surface area contributed by atoms with Crippen molar-refractivity contribution in [3.8, 4) is 12.1 Å². The maximum Gasteiger partial charge on any atom is 0.172 e. The molecule has 0 bridgehead atoms. The summed E-state index contributed by atoms with van der Waals surface area (Å²) in [6.07, 6.45) is 3.87. The molecule has 0 N–H and O–H groups in total. The van der Waals surface area contributed by atoms with Gasteiger partial charge in [-0.05, 0) is 24.5 Å². The Morgan fingerprint density at radius 1 is 1.26 bits per heavy atom. The number of anilines is 1. The number of carbonyl (C=O) groups is 1. The van der Waals surface area contributed by atoms with Crippen molar-refractivity contribution in [3.05, 3.63) is 35.9 Å². The Balaban J connectivity index is 2.28. The van der Waals surface area contributed by atoms with Gasteiger partial charge in [0, 0.05) is 11.6 Å². The van der Waals surface area contributed by atoms with Gasteiger partial charge in [0.1, 0.15) is 0 Å². The van der Waals surface area contributed by atoms with E-state index in [0.717, 1.165) is 11.3 Å². The van der Waals surface area contributed by atoms with Gasteiger partial charge in [0.2, 0.25) is 0 Å². The van der Waals surface area contributed by atoms with Gasteiger partial charge in [-0.15, -0.1) is 0 Å². The number of Topliss-reactive ketones (excluding diaryl/α,β-unsaturated/α-hetero) is 1. The molecule has 0 saturated carbocycles. The molecule has 0 aliphatic carbocycles. The Bertz CT molecular complexity index is 752. The van der Waals surface area contributed by atoms with Crippen molar-refractivity contribution in [1.82, 2.24) is 0 Å². The van der Waals surface area contributed by atoms with Crippen LogP contribution < -0.4 is 4.90 Å². The molecule has 1 aromatic rings. The fraction of sp³-hybridized carbons (Fsp3) is 0.421. The average Bonchev–Trinajstić information content (AvgIpc) is 2.86. The highest BCUT2D eigenvalue weighted by Crippen LogP contribution is 2.53. The fourth-order valence-electron chi connectivity index (χ4n) is 4.26. The molecule has 4 heteroatoms. The summed E-state index contributed by atoms with van der Waals surface area (Å²) in [7, 11) is 0. The molecule has 23 heavy (non-hydrogen) atoms. The number of nitrogens with zero attached hydrogens (tertiary/aromatic N) is 3. The van der Waals surface area contributed by atoms with E-state index in [4.69, 9.17) is 0 Å². The van der Waals surface area contributed by atoms with Crippen LogP contribution in [0.4, 0.5) is 5.69 Å². The maximum absolute atomic E-state index is 12.5. The highest BCUT2D eigenvalue weighted by Gasteiger charge is 2.62. The van der Waals surface area contributed by atoms with Gasteiger partial charge >= 0.3 is 0 Å². The van der Waals surface area contributed by atoms with Crippen LogP contribution in [0.5, 0.6) is 0 Å². The van der Waals surface area contributed by atoms with Gasteiger partial charge in [-0.25, -0.2) is 0 Å². The summed E-state index contributed by atoms with van der Waals surface area (Å²) >= 11 is 0. The van der Waals surface area contributed by atoms with Crippen molar-refractivity contribution in [1.29, 1.82) is 10.5 Å². The molecule has 2 aliphatic rings. The molecule has 3 rings (SSSR count). The van der Waals surface area contributed by atoms with E-state index in [2.05, 4.69) is 12.1 Å². The zero-order chi connectivity index (χ0) is 16.8. The minimum atomic E-state index is -1.21. The third kappa shape index (κ3) is 1.92. The molecule has 0 amide bonds. The normalized spacial score (nSPS) is 27.0. The van der Waals surface area contributed by atoms with Crippen molar-refractivity contribution < 1.29 is 4.79 Å². The number of rotatable bonds is 2. The van der Waals surface area contributed by atoms with E-state index in [9.17, 15) is 15.3 Å². The van der Waals surface area contributed by atoms with Crippen LogP contribution in [-0.4, -0.2) is 17.9 Å². The number of carbonyl (C=O) groups excluding carboxylic acids is 1. The van der Waals surface area contributed by atoms with Crippen LogP contribution >= 0.6 is 0 Å². The number of hydrogen-bond acceptors (Lipinski definition) is 4. The van der Waals surface area contributed by atoms with Gasteiger partial charge in [-0.2, -0.15) is 10.5 Å². The molecule has 0 unspecified atom stereocenters. The van der Waals surface area contributed by atoms with Crippen LogP contribution in [-0.2, 0) is 4.79 Å². The minimum absolute atomic E-state index is 0.00572. The van der Waals surface area contributed by atoms with Crippen LogP contribution in [0.1, 0.15) is 26.3 Å². The summed E-state index contributed by atoms with van der Waals surface area (Å²) in [6, 6.07) is 11.5. The van der Waals surface area contributed by atoms with Crippen molar-refractivity contribution in [2.75, 3.05) is 4.90 Å². The second-order valence-electron chi connectivity index (χ2n) is 6.69. The number of para-hydroxylation sites is 1. The number of nitriles is 2. The summed E-state index contributed by atoms with van der Waals surface area (Å²) in [5.74, 6) is -0.267. The molecule has 1 saturated heterocycles. The summed E-state index contributed by atoms with van der Waals surface area (Å²) in [5.41, 5.74) is 0.733. The van der Waals surface area contributed by atoms with Gasteiger partial charge in [0.15, 0.2) is 11.2 Å². The highest BCUT2D eigenvalue weighted by atomic mass is 16.1. The van der Waals surface area contributed by atoms with Gasteiger partial charge in [0.25, 0.3) is 0 Å². The molecule has 2 heterocycles. The lowest BCUT2D eigenvalue weighted by molar-refractivity contribution is -0.119. The summed E-state index contributed by atoms with van der Waals surface area (Å²) in [4.78, 5) is 14.5. The number of benzene rings is 1. The lowest BCUT2D eigenvalue weighted by atomic mass is 9.68. The smallest absolute Gasteiger partial charge is 0.172 e. The topological polar surface area (TPSA) is 67.9 Å². The molecule has 1 fully saturated rings. The van der Waals surface area contributed by atoms with Crippen molar-refractivity contribution in [3.63, 3.8) is 0 Å². The standard InChI is InChI=1S/C19H19N3O/c1-12(2)17-18(13(3)23)22-15-7-5-4-6-14(15)8-9-16(22)19(17,10-20)11-21/h4-9,12,16-18H,1-3H3/t16-,17+,18-/m0/s1. The van der Waals surface area contributed by atoms with Crippen LogP contribution in [0.3, 0.4) is 0 Å². The Kier molecular flexibility index (Phi) is 3.49. The van der Waals surface area contributed by atoms with E-state index >= 15 is 0 Å². The first-order chi connectivity index (χ1) is 11.0. The van der Waals surface area contributed by atoms with Gasteiger partial charge in [0.05, 0.1) is 24.2 Å². The quantitative estimate of drug-likeness (QED) is 0.841. The third-order valence-electron chi connectivity index (χ3n) is 5.11. The zero-order valence-corrected chi connectivity index (χ0v) is 13.5.